The molecule has 136 valence electrons. The van der Waals surface area contributed by atoms with Gasteiger partial charge in [-0.1, -0.05) is 91.0 Å². The first kappa shape index (κ1) is 18.9. The summed E-state index contributed by atoms with van der Waals surface area (Å²) in [6.45, 7) is 5.34. The molecule has 27 heavy (non-hydrogen) atoms. The monoisotopic (exact) mass is 354 g/mol. The maximum Gasteiger partial charge on any atom is 0.0721 e. The fourth-order valence-electron chi connectivity index (χ4n) is 3.10. The Morgan fingerprint density at radius 3 is 2.15 bits per heavy atom. The Bertz CT molecular complexity index is 903. The largest absolute Gasteiger partial charge is 0.373 e. The van der Waals surface area contributed by atoms with Gasteiger partial charge in [0.2, 0.25) is 0 Å². The van der Waals surface area contributed by atoms with Crippen LogP contribution in [0.3, 0.4) is 0 Å². The van der Waals surface area contributed by atoms with E-state index in [2.05, 4.69) is 85.8 Å². The lowest BCUT2D eigenvalue weighted by Gasteiger charge is -2.11. The molecule has 0 saturated heterocycles. The van der Waals surface area contributed by atoms with Gasteiger partial charge in [-0.2, -0.15) is 0 Å². The molecule has 3 aromatic rings. The molecule has 0 saturated carbocycles. The summed E-state index contributed by atoms with van der Waals surface area (Å²) in [5, 5.41) is 0. The van der Waals surface area contributed by atoms with Crippen LogP contribution in [0.1, 0.15) is 25.0 Å². The number of allylic oxidation sites excluding steroid dienone is 2. The molecule has 1 nitrogen and oxygen atoms in total. The van der Waals surface area contributed by atoms with Gasteiger partial charge in [0.05, 0.1) is 13.2 Å². The van der Waals surface area contributed by atoms with Gasteiger partial charge in [0.15, 0.2) is 0 Å². The predicted octanol–water partition coefficient (Wildman–Crippen LogP) is 7.15. The van der Waals surface area contributed by atoms with Crippen molar-refractivity contribution in [2.45, 2.75) is 20.5 Å². The number of hydrogen-bond donors (Lipinski definition) is 0. The summed E-state index contributed by atoms with van der Waals surface area (Å²) in [5.74, 6) is 0. The molecular weight excluding hydrogens is 328 g/mol. The molecule has 0 spiro atoms. The highest BCUT2D eigenvalue weighted by Crippen LogP contribution is 2.29. The number of hydrogen-bond acceptors (Lipinski definition) is 1. The Labute approximate surface area is 162 Å². The summed E-state index contributed by atoms with van der Waals surface area (Å²) in [5.41, 5.74) is 7.36. The minimum atomic E-state index is 0.627. The second kappa shape index (κ2) is 9.70. The molecule has 0 bridgehead atoms. The molecular formula is C26H26O. The summed E-state index contributed by atoms with van der Waals surface area (Å²) in [6.07, 6.45) is 8.28. The molecule has 0 N–H and O–H groups in total. The zero-order chi connectivity index (χ0) is 18.9. The van der Waals surface area contributed by atoms with Gasteiger partial charge in [-0.05, 0) is 53.3 Å². The van der Waals surface area contributed by atoms with Crippen molar-refractivity contribution in [2.75, 3.05) is 6.61 Å². The minimum Gasteiger partial charge on any atom is -0.373 e. The smallest absolute Gasteiger partial charge is 0.0721 e. The second-order valence-corrected chi connectivity index (χ2v) is 6.45. The second-order valence-electron chi connectivity index (χ2n) is 6.45. The summed E-state index contributed by atoms with van der Waals surface area (Å²) >= 11 is 0. The number of ether oxygens (including phenoxy) is 1. The lowest BCUT2D eigenvalue weighted by molar-refractivity contribution is 0.148. The van der Waals surface area contributed by atoms with E-state index >= 15 is 0 Å². The van der Waals surface area contributed by atoms with Crippen LogP contribution in [0.5, 0.6) is 0 Å². The average molecular weight is 354 g/mol. The Morgan fingerprint density at radius 2 is 1.44 bits per heavy atom. The molecule has 0 aromatic heterocycles. The molecule has 0 atom stereocenters. The third kappa shape index (κ3) is 5.06. The van der Waals surface area contributed by atoms with Crippen LogP contribution in [0.4, 0.5) is 0 Å². The normalized spacial score (nSPS) is 11.5. The third-order valence-electron chi connectivity index (χ3n) is 4.48. The van der Waals surface area contributed by atoms with Crippen LogP contribution in [0.15, 0.2) is 91.0 Å². The van der Waals surface area contributed by atoms with Gasteiger partial charge in [0.25, 0.3) is 0 Å². The van der Waals surface area contributed by atoms with E-state index < -0.39 is 0 Å². The van der Waals surface area contributed by atoms with Gasteiger partial charge >= 0.3 is 0 Å². The highest BCUT2D eigenvalue weighted by molar-refractivity contribution is 5.77. The Morgan fingerprint density at radius 1 is 0.741 bits per heavy atom. The van der Waals surface area contributed by atoms with Crippen molar-refractivity contribution in [3.8, 4) is 22.3 Å². The highest BCUT2D eigenvalue weighted by Gasteiger charge is 2.06. The molecule has 0 radical (unpaired) electrons. The molecule has 3 aromatic carbocycles. The van der Waals surface area contributed by atoms with Crippen molar-refractivity contribution < 1.29 is 4.74 Å². The van der Waals surface area contributed by atoms with Gasteiger partial charge in [-0.3, -0.25) is 0 Å². The maximum atomic E-state index is 5.69. The fraction of sp³-hybridized carbons (Fsp3) is 0.154. The zero-order valence-electron chi connectivity index (χ0n) is 16.1. The molecule has 3 rings (SSSR count). The third-order valence-corrected chi connectivity index (χ3v) is 4.48. The molecule has 0 aliphatic carbocycles. The zero-order valence-corrected chi connectivity index (χ0v) is 16.1. The van der Waals surface area contributed by atoms with Crippen LogP contribution in [-0.2, 0) is 11.3 Å². The predicted molar refractivity (Wildman–Crippen MR) is 116 cm³/mol. The van der Waals surface area contributed by atoms with Gasteiger partial charge in [-0.15, -0.1) is 0 Å². The van der Waals surface area contributed by atoms with Crippen LogP contribution < -0.4 is 0 Å². The van der Waals surface area contributed by atoms with Crippen molar-refractivity contribution in [3.05, 3.63) is 102 Å². The van der Waals surface area contributed by atoms with Crippen molar-refractivity contribution in [1.29, 1.82) is 0 Å². The first-order chi connectivity index (χ1) is 13.3. The summed E-state index contributed by atoms with van der Waals surface area (Å²) in [4.78, 5) is 0. The van der Waals surface area contributed by atoms with Crippen LogP contribution in [0.25, 0.3) is 28.3 Å². The molecule has 0 amide bonds. The van der Waals surface area contributed by atoms with Crippen molar-refractivity contribution in [3.63, 3.8) is 0 Å². The lowest BCUT2D eigenvalue weighted by Crippen LogP contribution is -1.94. The van der Waals surface area contributed by atoms with Crippen molar-refractivity contribution in [1.82, 2.24) is 0 Å². The van der Waals surface area contributed by atoms with Gasteiger partial charge in [0.1, 0.15) is 0 Å². The molecule has 0 unspecified atom stereocenters. The fourth-order valence-corrected chi connectivity index (χ4v) is 3.10. The molecule has 0 aliphatic rings. The minimum absolute atomic E-state index is 0.627. The van der Waals surface area contributed by atoms with Gasteiger partial charge in [-0.25, -0.2) is 0 Å². The van der Waals surface area contributed by atoms with Crippen molar-refractivity contribution >= 4 is 6.08 Å². The highest BCUT2D eigenvalue weighted by atomic mass is 16.5. The molecule has 1 heteroatoms. The van der Waals surface area contributed by atoms with E-state index in [0.29, 0.717) is 13.2 Å². The van der Waals surface area contributed by atoms with Crippen LogP contribution in [0, 0.1) is 0 Å². The molecule has 0 fully saturated rings. The first-order valence-corrected chi connectivity index (χ1v) is 9.42. The summed E-state index contributed by atoms with van der Waals surface area (Å²) in [6, 6.07) is 25.8. The van der Waals surface area contributed by atoms with E-state index in [1.807, 2.05) is 25.1 Å². The van der Waals surface area contributed by atoms with Crippen LogP contribution in [0.2, 0.25) is 0 Å². The van der Waals surface area contributed by atoms with E-state index in [9.17, 15) is 0 Å². The van der Waals surface area contributed by atoms with Crippen LogP contribution in [-0.4, -0.2) is 6.61 Å². The number of benzene rings is 3. The van der Waals surface area contributed by atoms with Gasteiger partial charge < -0.3 is 4.74 Å². The topological polar surface area (TPSA) is 9.23 Å². The Hall–Kier alpha value is -2.90. The van der Waals surface area contributed by atoms with E-state index in [1.165, 1.54) is 33.4 Å². The quantitative estimate of drug-likeness (QED) is 0.323. The summed E-state index contributed by atoms with van der Waals surface area (Å²) < 4.78 is 5.69. The Balaban J connectivity index is 1.84. The average Bonchev–Trinajstić information content (AvgIpc) is 2.73. The van der Waals surface area contributed by atoms with E-state index in [-0.39, 0.29) is 0 Å². The standard InChI is InChI=1S/C26H26O/c1-3-5-18-27-20-21-12-17-26(25(19-21)9-4-2)24-15-13-23(14-16-24)22-10-7-6-8-11-22/h3-17,19H,18,20H2,1-2H3/b5-3+,9-4+. The maximum absolute atomic E-state index is 5.69. The van der Waals surface area contributed by atoms with E-state index in [0.717, 1.165) is 0 Å². The van der Waals surface area contributed by atoms with E-state index in [4.69, 9.17) is 4.74 Å². The summed E-state index contributed by atoms with van der Waals surface area (Å²) in [7, 11) is 0. The van der Waals surface area contributed by atoms with Gasteiger partial charge in [0, 0.05) is 0 Å². The lowest BCUT2D eigenvalue weighted by atomic mass is 9.95. The molecule has 0 aliphatic heterocycles. The number of rotatable bonds is 7. The van der Waals surface area contributed by atoms with E-state index in [1.54, 1.807) is 0 Å². The van der Waals surface area contributed by atoms with Crippen molar-refractivity contribution in [2.24, 2.45) is 0 Å². The SMILES string of the molecule is C/C=C/COCc1ccc(-c2ccc(-c3ccccc3)cc2)c(/C=C/C)c1. The molecule has 0 heterocycles. The first-order valence-electron chi connectivity index (χ1n) is 9.42. The van der Waals surface area contributed by atoms with Crippen LogP contribution >= 0.6 is 0 Å². The Kier molecular flexibility index (Phi) is 6.78.